The van der Waals surface area contributed by atoms with E-state index < -0.39 is 0 Å². The zero-order valence-electron chi connectivity index (χ0n) is 10.4. The van der Waals surface area contributed by atoms with Crippen molar-refractivity contribution in [3.63, 3.8) is 0 Å². The van der Waals surface area contributed by atoms with Gasteiger partial charge in [-0.1, -0.05) is 6.92 Å². The Kier molecular flexibility index (Phi) is 2.79. The van der Waals surface area contributed by atoms with Crippen LogP contribution in [0.2, 0.25) is 0 Å². The van der Waals surface area contributed by atoms with Gasteiger partial charge in [0.25, 0.3) is 0 Å². The number of thiazole rings is 1. The number of aromatic nitrogens is 4. The quantitative estimate of drug-likeness (QED) is 0.784. The van der Waals surface area contributed by atoms with Crippen molar-refractivity contribution < 1.29 is 0 Å². The number of nitrogens with zero attached hydrogens (tertiary/aromatic N) is 4. The van der Waals surface area contributed by atoms with Crippen LogP contribution in [0, 0.1) is 0 Å². The Bertz CT molecular complexity index is 634. The van der Waals surface area contributed by atoms with Crippen LogP contribution >= 0.6 is 11.3 Å². The van der Waals surface area contributed by atoms with E-state index in [0.29, 0.717) is 0 Å². The maximum absolute atomic E-state index is 4.54. The molecule has 0 aliphatic heterocycles. The SMILES string of the molecule is CCc1nn(C)cc1NCc1cn2ccsc2n1. The number of aryl methyl sites for hydroxylation is 2. The number of rotatable bonds is 4. The molecule has 3 aromatic rings. The van der Waals surface area contributed by atoms with Gasteiger partial charge in [0.2, 0.25) is 0 Å². The molecule has 3 aromatic heterocycles. The van der Waals surface area contributed by atoms with Crippen LogP contribution in [0.25, 0.3) is 4.96 Å². The van der Waals surface area contributed by atoms with E-state index in [4.69, 9.17) is 0 Å². The molecule has 1 N–H and O–H groups in total. The normalized spacial score (nSPS) is 11.2. The van der Waals surface area contributed by atoms with Crippen LogP contribution in [0.15, 0.2) is 24.0 Å². The summed E-state index contributed by atoms with van der Waals surface area (Å²) in [5, 5.41) is 9.84. The lowest BCUT2D eigenvalue weighted by Crippen LogP contribution is -2.00. The van der Waals surface area contributed by atoms with Gasteiger partial charge in [0.1, 0.15) is 0 Å². The summed E-state index contributed by atoms with van der Waals surface area (Å²) >= 11 is 1.65. The minimum absolute atomic E-state index is 0.729. The highest BCUT2D eigenvalue weighted by Gasteiger charge is 2.07. The minimum atomic E-state index is 0.729. The van der Waals surface area contributed by atoms with E-state index in [9.17, 15) is 0 Å². The second-order valence-electron chi connectivity index (χ2n) is 4.20. The standard InChI is InChI=1S/C12H15N5S/c1-3-10-11(8-16(2)15-10)13-6-9-7-17-4-5-18-12(17)14-9/h4-5,7-8,13H,3,6H2,1-2H3. The molecule has 5 nitrogen and oxygen atoms in total. The molecule has 6 heteroatoms. The highest BCUT2D eigenvalue weighted by atomic mass is 32.1. The third-order valence-electron chi connectivity index (χ3n) is 2.84. The van der Waals surface area contributed by atoms with Gasteiger partial charge in [-0.15, -0.1) is 11.3 Å². The maximum Gasteiger partial charge on any atom is 0.193 e. The van der Waals surface area contributed by atoms with E-state index in [1.165, 1.54) is 0 Å². The Morgan fingerprint density at radius 1 is 1.39 bits per heavy atom. The molecule has 0 atom stereocenters. The zero-order valence-corrected chi connectivity index (χ0v) is 11.2. The van der Waals surface area contributed by atoms with Crippen LogP contribution in [0.4, 0.5) is 5.69 Å². The van der Waals surface area contributed by atoms with Crippen LogP contribution < -0.4 is 5.32 Å². The largest absolute Gasteiger partial charge is 0.377 e. The Morgan fingerprint density at radius 2 is 2.28 bits per heavy atom. The Labute approximate surface area is 109 Å². The van der Waals surface area contributed by atoms with Gasteiger partial charge in [-0.05, 0) is 6.42 Å². The van der Waals surface area contributed by atoms with Crippen molar-refractivity contribution in [2.75, 3.05) is 5.32 Å². The molecule has 0 amide bonds. The molecular formula is C12H15N5S. The van der Waals surface area contributed by atoms with Crippen LogP contribution in [-0.4, -0.2) is 19.2 Å². The Balaban J connectivity index is 1.75. The maximum atomic E-state index is 4.54. The van der Waals surface area contributed by atoms with Gasteiger partial charge >= 0.3 is 0 Å². The van der Waals surface area contributed by atoms with Gasteiger partial charge in [-0.25, -0.2) is 4.98 Å². The van der Waals surface area contributed by atoms with E-state index in [2.05, 4.69) is 28.5 Å². The smallest absolute Gasteiger partial charge is 0.193 e. The highest BCUT2D eigenvalue weighted by molar-refractivity contribution is 7.15. The summed E-state index contributed by atoms with van der Waals surface area (Å²) in [5.74, 6) is 0. The number of fused-ring (bicyclic) bond motifs is 1. The Morgan fingerprint density at radius 3 is 3.06 bits per heavy atom. The van der Waals surface area contributed by atoms with E-state index >= 15 is 0 Å². The number of hydrogen-bond acceptors (Lipinski definition) is 4. The molecule has 0 unspecified atom stereocenters. The summed E-state index contributed by atoms with van der Waals surface area (Å²) < 4.78 is 3.89. The van der Waals surface area contributed by atoms with Gasteiger partial charge in [-0.3, -0.25) is 9.08 Å². The predicted molar refractivity (Wildman–Crippen MR) is 73.0 cm³/mol. The van der Waals surface area contributed by atoms with Crippen LogP contribution in [0.5, 0.6) is 0 Å². The molecule has 0 saturated carbocycles. The molecule has 0 spiro atoms. The fourth-order valence-electron chi connectivity index (χ4n) is 1.99. The van der Waals surface area contributed by atoms with E-state index in [1.54, 1.807) is 11.3 Å². The van der Waals surface area contributed by atoms with E-state index in [1.807, 2.05) is 33.9 Å². The second kappa shape index (κ2) is 4.45. The molecule has 0 aliphatic rings. The zero-order chi connectivity index (χ0) is 12.5. The van der Waals surface area contributed by atoms with Gasteiger partial charge in [-0.2, -0.15) is 5.10 Å². The molecule has 3 heterocycles. The minimum Gasteiger partial charge on any atom is -0.377 e. The first-order valence-electron chi connectivity index (χ1n) is 5.93. The molecule has 0 bridgehead atoms. The molecule has 94 valence electrons. The lowest BCUT2D eigenvalue weighted by atomic mass is 10.3. The molecule has 3 rings (SSSR count). The summed E-state index contributed by atoms with van der Waals surface area (Å²) in [4.78, 5) is 5.58. The van der Waals surface area contributed by atoms with Gasteiger partial charge in [0.05, 0.1) is 23.6 Å². The molecule has 0 saturated heterocycles. The molecule has 0 fully saturated rings. The van der Waals surface area contributed by atoms with Gasteiger partial charge in [0, 0.05) is 31.0 Å². The molecule has 0 aromatic carbocycles. The fourth-order valence-corrected chi connectivity index (χ4v) is 2.71. The van der Waals surface area contributed by atoms with E-state index in [0.717, 1.165) is 35.0 Å². The Hall–Kier alpha value is -1.82. The molecule has 0 radical (unpaired) electrons. The fraction of sp³-hybridized carbons (Fsp3) is 0.333. The van der Waals surface area contributed by atoms with Crippen molar-refractivity contribution in [2.24, 2.45) is 7.05 Å². The lowest BCUT2D eigenvalue weighted by molar-refractivity contribution is 0.746. The van der Waals surface area contributed by atoms with Crippen molar-refractivity contribution in [3.05, 3.63) is 35.4 Å². The number of anilines is 1. The van der Waals surface area contributed by atoms with Crippen LogP contribution in [0.1, 0.15) is 18.3 Å². The number of hydrogen-bond donors (Lipinski definition) is 1. The first kappa shape index (κ1) is 11.3. The third kappa shape index (κ3) is 1.99. The van der Waals surface area contributed by atoms with Crippen molar-refractivity contribution in [2.45, 2.75) is 19.9 Å². The molecule has 18 heavy (non-hydrogen) atoms. The first-order chi connectivity index (χ1) is 8.76. The summed E-state index contributed by atoms with van der Waals surface area (Å²) in [6, 6.07) is 0. The van der Waals surface area contributed by atoms with Crippen molar-refractivity contribution in [1.82, 2.24) is 19.2 Å². The second-order valence-corrected chi connectivity index (χ2v) is 5.07. The average molecular weight is 261 g/mol. The van der Waals surface area contributed by atoms with Crippen LogP contribution in [0.3, 0.4) is 0 Å². The molecule has 0 aliphatic carbocycles. The number of imidazole rings is 1. The highest BCUT2D eigenvalue weighted by Crippen LogP contribution is 2.16. The predicted octanol–water partition coefficient (Wildman–Crippen LogP) is 2.30. The summed E-state index contributed by atoms with van der Waals surface area (Å²) in [5.41, 5.74) is 3.24. The van der Waals surface area contributed by atoms with Gasteiger partial charge in [0.15, 0.2) is 4.96 Å². The third-order valence-corrected chi connectivity index (χ3v) is 3.61. The van der Waals surface area contributed by atoms with E-state index in [-0.39, 0.29) is 0 Å². The van der Waals surface area contributed by atoms with Crippen molar-refractivity contribution in [3.8, 4) is 0 Å². The average Bonchev–Trinajstić information content (AvgIpc) is 2.99. The monoisotopic (exact) mass is 261 g/mol. The van der Waals surface area contributed by atoms with Gasteiger partial charge < -0.3 is 5.32 Å². The summed E-state index contributed by atoms with van der Waals surface area (Å²) in [6.45, 7) is 2.84. The number of nitrogens with one attached hydrogen (secondary N) is 1. The van der Waals surface area contributed by atoms with Crippen molar-refractivity contribution >= 4 is 22.0 Å². The van der Waals surface area contributed by atoms with Crippen LogP contribution in [-0.2, 0) is 20.0 Å². The lowest BCUT2D eigenvalue weighted by Gasteiger charge is -2.02. The topological polar surface area (TPSA) is 47.2 Å². The summed E-state index contributed by atoms with van der Waals surface area (Å²) in [7, 11) is 1.94. The molecular weight excluding hydrogens is 246 g/mol. The summed E-state index contributed by atoms with van der Waals surface area (Å²) in [6.07, 6.45) is 7.03. The van der Waals surface area contributed by atoms with Crippen molar-refractivity contribution in [1.29, 1.82) is 0 Å². The first-order valence-corrected chi connectivity index (χ1v) is 6.81.